The quantitative estimate of drug-likeness (QED) is 0.906. The van der Waals surface area contributed by atoms with Gasteiger partial charge in [-0.1, -0.05) is 19.0 Å². The second-order valence-electron chi connectivity index (χ2n) is 6.78. The molecule has 134 valence electrons. The molecule has 0 saturated carbocycles. The van der Waals surface area contributed by atoms with Crippen molar-refractivity contribution in [2.24, 2.45) is 0 Å². The van der Waals surface area contributed by atoms with Crippen LogP contribution in [-0.2, 0) is 11.2 Å². The van der Waals surface area contributed by atoms with E-state index in [2.05, 4.69) is 20.1 Å². The fourth-order valence-electron chi connectivity index (χ4n) is 3.15. The highest BCUT2D eigenvalue weighted by molar-refractivity contribution is 5.79. The lowest BCUT2D eigenvalue weighted by Crippen LogP contribution is -2.34. The van der Waals surface area contributed by atoms with Crippen molar-refractivity contribution in [1.29, 1.82) is 0 Å². The van der Waals surface area contributed by atoms with E-state index in [1.54, 1.807) is 18.7 Å². The SMILES string of the molecule is Cc1nc(C)c(CC(=O)N2CCC[C@H]2c2nc(C(C)C)no2)c(=O)[nH]1. The number of amides is 1. The molecule has 0 radical (unpaired) electrons. The van der Waals surface area contributed by atoms with E-state index in [1.165, 1.54) is 0 Å². The zero-order chi connectivity index (χ0) is 18.1. The third-order valence-corrected chi connectivity index (χ3v) is 4.50. The summed E-state index contributed by atoms with van der Waals surface area (Å²) >= 11 is 0. The van der Waals surface area contributed by atoms with Crippen molar-refractivity contribution in [2.45, 2.75) is 58.9 Å². The molecule has 1 N–H and O–H groups in total. The normalized spacial score (nSPS) is 17.5. The van der Waals surface area contributed by atoms with Gasteiger partial charge in [-0.15, -0.1) is 0 Å². The Balaban J connectivity index is 1.80. The van der Waals surface area contributed by atoms with Gasteiger partial charge >= 0.3 is 0 Å². The summed E-state index contributed by atoms with van der Waals surface area (Å²) in [6.07, 6.45) is 1.68. The number of nitrogens with zero attached hydrogens (tertiary/aromatic N) is 4. The molecular formula is C17H23N5O3. The lowest BCUT2D eigenvalue weighted by atomic mass is 10.1. The van der Waals surface area contributed by atoms with Crippen molar-refractivity contribution in [3.05, 3.63) is 39.2 Å². The van der Waals surface area contributed by atoms with Crippen LogP contribution in [0.15, 0.2) is 9.32 Å². The van der Waals surface area contributed by atoms with E-state index in [0.29, 0.717) is 35.3 Å². The van der Waals surface area contributed by atoms with E-state index in [9.17, 15) is 9.59 Å². The summed E-state index contributed by atoms with van der Waals surface area (Å²) in [6, 6.07) is -0.217. The molecule has 0 spiro atoms. The lowest BCUT2D eigenvalue weighted by Gasteiger charge is -2.22. The summed E-state index contributed by atoms with van der Waals surface area (Å²) < 4.78 is 5.37. The summed E-state index contributed by atoms with van der Waals surface area (Å²) in [5.41, 5.74) is 0.744. The van der Waals surface area contributed by atoms with Crippen molar-refractivity contribution in [1.82, 2.24) is 25.0 Å². The number of aromatic amines is 1. The first-order valence-electron chi connectivity index (χ1n) is 8.56. The van der Waals surface area contributed by atoms with Gasteiger partial charge in [0, 0.05) is 23.7 Å². The first kappa shape index (κ1) is 17.3. The third-order valence-electron chi connectivity index (χ3n) is 4.50. The topological polar surface area (TPSA) is 105 Å². The highest BCUT2D eigenvalue weighted by Gasteiger charge is 2.34. The van der Waals surface area contributed by atoms with Crippen LogP contribution in [0.2, 0.25) is 0 Å². The Kier molecular flexibility index (Phi) is 4.69. The van der Waals surface area contributed by atoms with E-state index in [-0.39, 0.29) is 29.8 Å². The summed E-state index contributed by atoms with van der Waals surface area (Å²) in [6.45, 7) is 8.08. The number of aromatic nitrogens is 4. The maximum absolute atomic E-state index is 12.8. The zero-order valence-electron chi connectivity index (χ0n) is 15.0. The number of H-pyrrole nitrogens is 1. The Morgan fingerprint density at radius 3 is 2.76 bits per heavy atom. The standard InChI is InChI=1S/C17H23N5O3/c1-9(2)15-20-17(25-21-15)13-6-5-7-22(13)14(23)8-12-10(3)18-11(4)19-16(12)24/h9,13H,5-8H2,1-4H3,(H,18,19,24)/t13-/m0/s1. The number of hydrogen-bond donors (Lipinski definition) is 1. The largest absolute Gasteiger partial charge is 0.337 e. The van der Waals surface area contributed by atoms with Crippen LogP contribution in [0.25, 0.3) is 0 Å². The van der Waals surface area contributed by atoms with Gasteiger partial charge in [-0.25, -0.2) is 4.98 Å². The molecule has 1 fully saturated rings. The van der Waals surface area contributed by atoms with E-state index in [1.807, 2.05) is 13.8 Å². The maximum Gasteiger partial charge on any atom is 0.254 e. The van der Waals surface area contributed by atoms with E-state index >= 15 is 0 Å². The molecule has 0 unspecified atom stereocenters. The predicted octanol–water partition coefficient (Wildman–Crippen LogP) is 1.80. The van der Waals surface area contributed by atoms with Gasteiger partial charge in [-0.3, -0.25) is 9.59 Å². The van der Waals surface area contributed by atoms with Crippen molar-refractivity contribution < 1.29 is 9.32 Å². The molecule has 3 rings (SSSR count). The van der Waals surface area contributed by atoms with Crippen molar-refractivity contribution >= 4 is 5.91 Å². The molecule has 8 nitrogen and oxygen atoms in total. The minimum absolute atomic E-state index is 0.0239. The van der Waals surface area contributed by atoms with Gasteiger partial charge in [-0.05, 0) is 26.7 Å². The van der Waals surface area contributed by atoms with Gasteiger partial charge in [0.05, 0.1) is 6.42 Å². The Labute approximate surface area is 145 Å². The molecule has 25 heavy (non-hydrogen) atoms. The number of aryl methyl sites for hydroxylation is 2. The number of carbonyl (C=O) groups is 1. The number of nitrogens with one attached hydrogen (secondary N) is 1. The average Bonchev–Trinajstić information content (AvgIpc) is 3.18. The summed E-state index contributed by atoms with van der Waals surface area (Å²) in [5.74, 6) is 1.71. The molecule has 1 atom stereocenters. The molecule has 0 bridgehead atoms. The van der Waals surface area contributed by atoms with Crippen molar-refractivity contribution in [2.75, 3.05) is 6.54 Å². The Bertz CT molecular complexity index is 839. The highest BCUT2D eigenvalue weighted by atomic mass is 16.5. The molecular weight excluding hydrogens is 322 g/mol. The van der Waals surface area contributed by atoms with E-state index < -0.39 is 0 Å². The van der Waals surface area contributed by atoms with E-state index in [0.717, 1.165) is 12.8 Å². The van der Waals surface area contributed by atoms with Crippen molar-refractivity contribution in [3.63, 3.8) is 0 Å². The first-order chi connectivity index (χ1) is 11.9. The van der Waals surface area contributed by atoms with Crippen LogP contribution >= 0.6 is 0 Å². The average molecular weight is 345 g/mol. The van der Waals surface area contributed by atoms with Gasteiger partial charge in [0.15, 0.2) is 5.82 Å². The van der Waals surface area contributed by atoms with Crippen LogP contribution in [0, 0.1) is 13.8 Å². The van der Waals surface area contributed by atoms with Crippen LogP contribution in [0.5, 0.6) is 0 Å². The van der Waals surface area contributed by atoms with Gasteiger partial charge < -0.3 is 14.4 Å². The second kappa shape index (κ2) is 6.78. The lowest BCUT2D eigenvalue weighted by molar-refractivity contribution is -0.131. The minimum atomic E-state index is -0.256. The monoisotopic (exact) mass is 345 g/mol. The number of rotatable bonds is 4. The van der Waals surface area contributed by atoms with Gasteiger partial charge in [0.2, 0.25) is 11.8 Å². The molecule has 8 heteroatoms. The fraction of sp³-hybridized carbons (Fsp3) is 0.588. The van der Waals surface area contributed by atoms with Crippen LogP contribution < -0.4 is 5.56 Å². The zero-order valence-corrected chi connectivity index (χ0v) is 15.0. The molecule has 0 aromatic carbocycles. The second-order valence-corrected chi connectivity index (χ2v) is 6.78. The molecule has 2 aromatic heterocycles. The molecule has 0 aliphatic carbocycles. The summed E-state index contributed by atoms with van der Waals surface area (Å²) in [5, 5.41) is 3.99. The van der Waals surface area contributed by atoms with Gasteiger partial charge in [0.1, 0.15) is 11.9 Å². The highest BCUT2D eigenvalue weighted by Crippen LogP contribution is 2.32. The number of carbonyl (C=O) groups excluding carboxylic acids is 1. The van der Waals surface area contributed by atoms with Gasteiger partial charge in [0.25, 0.3) is 5.56 Å². The molecule has 1 aliphatic rings. The van der Waals surface area contributed by atoms with Crippen molar-refractivity contribution in [3.8, 4) is 0 Å². The molecule has 1 amide bonds. The Morgan fingerprint density at radius 1 is 1.36 bits per heavy atom. The van der Waals surface area contributed by atoms with Crippen LogP contribution in [0.1, 0.15) is 67.4 Å². The first-order valence-corrected chi connectivity index (χ1v) is 8.56. The minimum Gasteiger partial charge on any atom is -0.337 e. The molecule has 3 heterocycles. The van der Waals surface area contributed by atoms with Gasteiger partial charge in [-0.2, -0.15) is 4.98 Å². The number of likely N-dealkylation sites (tertiary alicyclic amines) is 1. The van der Waals surface area contributed by atoms with Crippen LogP contribution in [-0.4, -0.2) is 37.5 Å². The molecule has 1 aliphatic heterocycles. The predicted molar refractivity (Wildman–Crippen MR) is 90.1 cm³/mol. The summed E-state index contributed by atoms with van der Waals surface area (Å²) in [7, 11) is 0. The maximum atomic E-state index is 12.8. The smallest absolute Gasteiger partial charge is 0.254 e. The Morgan fingerprint density at radius 2 is 2.12 bits per heavy atom. The Hall–Kier alpha value is -2.51. The number of hydrogen-bond acceptors (Lipinski definition) is 6. The van der Waals surface area contributed by atoms with E-state index in [4.69, 9.17) is 4.52 Å². The summed E-state index contributed by atoms with van der Waals surface area (Å²) in [4.78, 5) is 38.0. The van der Waals surface area contributed by atoms with Crippen LogP contribution in [0.4, 0.5) is 0 Å². The third kappa shape index (κ3) is 3.47. The fourth-order valence-corrected chi connectivity index (χ4v) is 3.15. The van der Waals surface area contributed by atoms with Crippen LogP contribution in [0.3, 0.4) is 0 Å². The molecule has 1 saturated heterocycles. The molecule has 2 aromatic rings.